The highest BCUT2D eigenvalue weighted by atomic mass is 16.6. The van der Waals surface area contributed by atoms with Gasteiger partial charge in [-0.3, -0.25) is 20.2 Å². The van der Waals surface area contributed by atoms with Crippen LogP contribution in [0.1, 0.15) is 25.5 Å². The van der Waals surface area contributed by atoms with Crippen molar-refractivity contribution < 1.29 is 14.5 Å². The number of hydrogen-bond donors (Lipinski definition) is 2. The van der Waals surface area contributed by atoms with E-state index >= 15 is 0 Å². The number of amides is 1. The van der Waals surface area contributed by atoms with Crippen LogP contribution < -0.4 is 15.4 Å². The molecule has 0 saturated carbocycles. The Bertz CT molecular complexity index is 746. The number of nitro groups is 1. The zero-order chi connectivity index (χ0) is 18.4. The fourth-order valence-corrected chi connectivity index (χ4v) is 2.48. The quantitative estimate of drug-likeness (QED) is 0.594. The number of methoxy groups -OCH3 is 1. The molecule has 0 radical (unpaired) electrons. The van der Waals surface area contributed by atoms with E-state index in [0.29, 0.717) is 5.69 Å². The number of nitrogens with one attached hydrogen (secondary N) is 2. The van der Waals surface area contributed by atoms with Crippen LogP contribution in [0.3, 0.4) is 0 Å². The number of anilines is 1. The Kier molecular flexibility index (Phi) is 6.08. The van der Waals surface area contributed by atoms with E-state index in [1.54, 1.807) is 14.0 Å². The highest BCUT2D eigenvalue weighted by Gasteiger charge is 2.18. The highest BCUT2D eigenvalue weighted by Crippen LogP contribution is 2.24. The molecule has 7 nitrogen and oxygen atoms in total. The molecule has 0 spiro atoms. The molecule has 0 aromatic heterocycles. The van der Waals surface area contributed by atoms with Crippen LogP contribution in [0.25, 0.3) is 0 Å². The van der Waals surface area contributed by atoms with Crippen LogP contribution in [-0.2, 0) is 4.79 Å². The monoisotopic (exact) mass is 343 g/mol. The Morgan fingerprint density at radius 1 is 1.12 bits per heavy atom. The SMILES string of the molecule is COc1ccccc1[C@@H](C)N[C@@H](C)C(=O)Nc1ccc([N+](=O)[O-])cc1. The lowest BCUT2D eigenvalue weighted by atomic mass is 10.1. The van der Waals surface area contributed by atoms with Gasteiger partial charge in [-0.15, -0.1) is 0 Å². The van der Waals surface area contributed by atoms with Gasteiger partial charge in [0.05, 0.1) is 18.1 Å². The third-order valence-corrected chi connectivity index (χ3v) is 3.84. The first-order valence-corrected chi connectivity index (χ1v) is 7.86. The largest absolute Gasteiger partial charge is 0.496 e. The van der Waals surface area contributed by atoms with Gasteiger partial charge in [0.1, 0.15) is 5.75 Å². The maximum atomic E-state index is 12.3. The molecule has 0 heterocycles. The number of non-ortho nitro benzene ring substituents is 1. The van der Waals surface area contributed by atoms with Crippen LogP contribution >= 0.6 is 0 Å². The van der Waals surface area contributed by atoms with Crippen molar-refractivity contribution in [2.75, 3.05) is 12.4 Å². The summed E-state index contributed by atoms with van der Waals surface area (Å²) in [6.45, 7) is 3.71. The number of carbonyl (C=O) groups is 1. The first-order chi connectivity index (χ1) is 11.9. The molecule has 0 fully saturated rings. The normalized spacial score (nSPS) is 12.9. The molecule has 0 bridgehead atoms. The lowest BCUT2D eigenvalue weighted by Crippen LogP contribution is -2.39. The Hall–Kier alpha value is -2.93. The number of carbonyl (C=O) groups excluding carboxylic acids is 1. The van der Waals surface area contributed by atoms with Crippen molar-refractivity contribution in [2.45, 2.75) is 25.9 Å². The number of rotatable bonds is 7. The number of nitrogens with zero attached hydrogens (tertiary/aromatic N) is 1. The van der Waals surface area contributed by atoms with Gasteiger partial charge >= 0.3 is 0 Å². The van der Waals surface area contributed by atoms with Crippen molar-refractivity contribution in [3.8, 4) is 5.75 Å². The summed E-state index contributed by atoms with van der Waals surface area (Å²) in [5.41, 5.74) is 1.45. The van der Waals surface area contributed by atoms with Crippen LogP contribution in [0.4, 0.5) is 11.4 Å². The lowest BCUT2D eigenvalue weighted by Gasteiger charge is -2.21. The maximum Gasteiger partial charge on any atom is 0.269 e. The number of para-hydroxylation sites is 1. The van der Waals surface area contributed by atoms with E-state index in [1.807, 2.05) is 31.2 Å². The summed E-state index contributed by atoms with van der Waals surface area (Å²) in [5, 5.41) is 16.6. The van der Waals surface area contributed by atoms with Crippen LogP contribution in [-0.4, -0.2) is 24.0 Å². The second-order valence-electron chi connectivity index (χ2n) is 5.65. The Balaban J connectivity index is 1.98. The molecule has 0 aliphatic carbocycles. The van der Waals surface area contributed by atoms with Crippen molar-refractivity contribution in [1.82, 2.24) is 5.32 Å². The molecule has 25 heavy (non-hydrogen) atoms. The minimum atomic E-state index is -0.481. The maximum absolute atomic E-state index is 12.3. The highest BCUT2D eigenvalue weighted by molar-refractivity contribution is 5.94. The number of benzene rings is 2. The first-order valence-electron chi connectivity index (χ1n) is 7.86. The molecule has 7 heteroatoms. The van der Waals surface area contributed by atoms with Crippen molar-refractivity contribution >= 4 is 17.3 Å². The van der Waals surface area contributed by atoms with Gasteiger partial charge in [-0.1, -0.05) is 18.2 Å². The Morgan fingerprint density at radius 3 is 2.36 bits per heavy atom. The number of nitro benzene ring substituents is 1. The Labute approximate surface area is 146 Å². The summed E-state index contributed by atoms with van der Waals surface area (Å²) >= 11 is 0. The molecule has 2 N–H and O–H groups in total. The van der Waals surface area contributed by atoms with E-state index in [1.165, 1.54) is 24.3 Å². The number of hydrogen-bond acceptors (Lipinski definition) is 5. The third kappa shape index (κ3) is 4.77. The summed E-state index contributed by atoms with van der Waals surface area (Å²) < 4.78 is 5.34. The van der Waals surface area contributed by atoms with Crippen molar-refractivity contribution in [2.24, 2.45) is 0 Å². The van der Waals surface area contributed by atoms with E-state index in [-0.39, 0.29) is 17.6 Å². The predicted molar refractivity (Wildman–Crippen MR) is 95.7 cm³/mol. The van der Waals surface area contributed by atoms with Crippen LogP contribution in [0.5, 0.6) is 5.75 Å². The van der Waals surface area contributed by atoms with Crippen LogP contribution in [0, 0.1) is 10.1 Å². The van der Waals surface area contributed by atoms with Gasteiger partial charge < -0.3 is 10.1 Å². The first kappa shape index (κ1) is 18.4. The zero-order valence-electron chi connectivity index (χ0n) is 14.4. The average Bonchev–Trinajstić information content (AvgIpc) is 2.61. The molecule has 0 aliphatic heterocycles. The van der Waals surface area contributed by atoms with Crippen molar-refractivity contribution in [3.63, 3.8) is 0 Å². The standard InChI is InChI=1S/C18H21N3O4/c1-12(16-6-4-5-7-17(16)25-3)19-13(2)18(22)20-14-8-10-15(11-9-14)21(23)24/h4-13,19H,1-3H3,(H,20,22)/t12-,13+/m1/s1. The van der Waals surface area contributed by atoms with Gasteiger partial charge in [0.2, 0.25) is 5.91 Å². The second kappa shape index (κ2) is 8.25. The summed E-state index contributed by atoms with van der Waals surface area (Å²) in [6.07, 6.45) is 0. The van der Waals surface area contributed by atoms with E-state index in [4.69, 9.17) is 4.74 Å². The molecule has 2 rings (SSSR count). The van der Waals surface area contributed by atoms with Gasteiger partial charge in [-0.25, -0.2) is 0 Å². The summed E-state index contributed by atoms with van der Waals surface area (Å²) in [6, 6.07) is 12.8. The number of ether oxygens (including phenoxy) is 1. The van der Waals surface area contributed by atoms with Crippen LogP contribution in [0.2, 0.25) is 0 Å². The van der Waals surface area contributed by atoms with E-state index in [2.05, 4.69) is 10.6 Å². The topological polar surface area (TPSA) is 93.5 Å². The van der Waals surface area contributed by atoms with Gasteiger partial charge in [0.15, 0.2) is 0 Å². The third-order valence-electron chi connectivity index (χ3n) is 3.84. The van der Waals surface area contributed by atoms with Gasteiger partial charge in [-0.2, -0.15) is 0 Å². The second-order valence-corrected chi connectivity index (χ2v) is 5.65. The van der Waals surface area contributed by atoms with E-state index in [0.717, 1.165) is 11.3 Å². The van der Waals surface area contributed by atoms with Crippen molar-refractivity contribution in [1.29, 1.82) is 0 Å². The van der Waals surface area contributed by atoms with Crippen molar-refractivity contribution in [3.05, 3.63) is 64.2 Å². The molecule has 2 aromatic carbocycles. The molecule has 0 saturated heterocycles. The zero-order valence-corrected chi connectivity index (χ0v) is 14.4. The van der Waals surface area contributed by atoms with Gasteiger partial charge in [0.25, 0.3) is 5.69 Å². The molecule has 0 aliphatic rings. The minimum Gasteiger partial charge on any atom is -0.496 e. The molecule has 2 atom stereocenters. The van der Waals surface area contributed by atoms with Crippen LogP contribution in [0.15, 0.2) is 48.5 Å². The molecular formula is C18H21N3O4. The summed E-state index contributed by atoms with van der Waals surface area (Å²) in [4.78, 5) is 22.5. The van der Waals surface area contributed by atoms with E-state index < -0.39 is 11.0 Å². The average molecular weight is 343 g/mol. The van der Waals surface area contributed by atoms with Gasteiger partial charge in [0, 0.05) is 29.4 Å². The summed E-state index contributed by atoms with van der Waals surface area (Å²) in [7, 11) is 1.61. The van der Waals surface area contributed by atoms with Gasteiger partial charge in [-0.05, 0) is 32.0 Å². The fraction of sp³-hybridized carbons (Fsp3) is 0.278. The summed E-state index contributed by atoms with van der Waals surface area (Å²) in [5.74, 6) is 0.529. The fourth-order valence-electron chi connectivity index (χ4n) is 2.48. The molecule has 2 aromatic rings. The Morgan fingerprint density at radius 2 is 1.76 bits per heavy atom. The minimum absolute atomic E-state index is 0.0195. The lowest BCUT2D eigenvalue weighted by molar-refractivity contribution is -0.384. The molecular weight excluding hydrogens is 322 g/mol. The molecule has 132 valence electrons. The molecule has 0 unspecified atom stereocenters. The van der Waals surface area contributed by atoms with E-state index in [9.17, 15) is 14.9 Å². The predicted octanol–water partition coefficient (Wildman–Crippen LogP) is 3.28. The smallest absolute Gasteiger partial charge is 0.269 e. The molecule has 1 amide bonds.